The molecule has 0 spiro atoms. The number of anilines is 1. The van der Waals surface area contributed by atoms with Gasteiger partial charge in [0.15, 0.2) is 5.17 Å². The first-order chi connectivity index (χ1) is 7.70. The molecule has 16 heavy (non-hydrogen) atoms. The highest BCUT2D eigenvalue weighted by molar-refractivity contribution is 8.14. The Labute approximate surface area is 102 Å². The van der Waals surface area contributed by atoms with Gasteiger partial charge in [-0.1, -0.05) is 30.0 Å². The van der Waals surface area contributed by atoms with Crippen LogP contribution in [0, 0.1) is 13.8 Å². The average molecular weight is 234 g/mol. The van der Waals surface area contributed by atoms with Gasteiger partial charge in [0.05, 0.1) is 0 Å². The van der Waals surface area contributed by atoms with Gasteiger partial charge in [-0.25, -0.2) is 0 Å². The molecule has 0 bridgehead atoms. The highest BCUT2D eigenvalue weighted by Gasteiger charge is 2.15. The molecule has 86 valence electrons. The third-order valence-electron chi connectivity index (χ3n) is 2.84. The second kappa shape index (κ2) is 4.91. The smallest absolute Gasteiger partial charge is 0.163 e. The van der Waals surface area contributed by atoms with Crippen LogP contribution in [0.1, 0.15) is 17.5 Å². The number of hydrogen-bond acceptors (Lipinski definition) is 3. The fraction of sp³-hybridized carbons (Fsp3) is 0.462. The van der Waals surface area contributed by atoms with Crippen LogP contribution >= 0.6 is 11.8 Å². The fourth-order valence-electron chi connectivity index (χ4n) is 2.08. The maximum Gasteiger partial charge on any atom is 0.163 e. The third kappa shape index (κ3) is 2.24. The Morgan fingerprint density at radius 2 is 1.94 bits per heavy atom. The molecule has 0 saturated heterocycles. The van der Waals surface area contributed by atoms with Crippen molar-refractivity contribution in [1.82, 2.24) is 0 Å². The molecule has 3 heteroatoms. The molecule has 0 aromatic heterocycles. The lowest BCUT2D eigenvalue weighted by molar-refractivity contribution is 0.931. The number of aryl methyl sites for hydroxylation is 2. The Morgan fingerprint density at radius 3 is 2.50 bits per heavy atom. The number of nitrogens with zero attached hydrogens (tertiary/aromatic N) is 2. The molecule has 1 aromatic rings. The topological polar surface area (TPSA) is 15.6 Å². The van der Waals surface area contributed by atoms with E-state index in [1.54, 1.807) is 0 Å². The molecule has 1 aliphatic heterocycles. The quantitative estimate of drug-likeness (QED) is 0.741. The van der Waals surface area contributed by atoms with E-state index in [-0.39, 0.29) is 0 Å². The molecule has 1 heterocycles. The van der Waals surface area contributed by atoms with Crippen molar-refractivity contribution in [2.24, 2.45) is 4.99 Å². The molecule has 0 radical (unpaired) electrons. The Hall–Kier alpha value is -0.960. The maximum atomic E-state index is 4.59. The van der Waals surface area contributed by atoms with Crippen molar-refractivity contribution in [3.8, 4) is 0 Å². The second-order valence-electron chi connectivity index (χ2n) is 4.17. The van der Waals surface area contributed by atoms with Gasteiger partial charge in [-0.3, -0.25) is 4.99 Å². The summed E-state index contributed by atoms with van der Waals surface area (Å²) in [5.74, 6) is 1.19. The van der Waals surface area contributed by atoms with Gasteiger partial charge < -0.3 is 4.90 Å². The monoisotopic (exact) mass is 234 g/mol. The summed E-state index contributed by atoms with van der Waals surface area (Å²) in [6, 6.07) is 6.43. The largest absolute Gasteiger partial charge is 0.324 e. The zero-order chi connectivity index (χ0) is 11.5. The molecule has 0 atom stereocenters. The number of amidine groups is 1. The zero-order valence-corrected chi connectivity index (χ0v) is 11.0. The van der Waals surface area contributed by atoms with Crippen molar-refractivity contribution >= 4 is 22.6 Å². The van der Waals surface area contributed by atoms with E-state index in [4.69, 9.17) is 0 Å². The summed E-state index contributed by atoms with van der Waals surface area (Å²) in [5, 5.41) is 1.16. The summed E-state index contributed by atoms with van der Waals surface area (Å²) < 4.78 is 0. The van der Waals surface area contributed by atoms with Crippen LogP contribution in [0.3, 0.4) is 0 Å². The Balaban J connectivity index is 2.33. The van der Waals surface area contributed by atoms with Crippen LogP contribution in [0.2, 0.25) is 0 Å². The molecule has 0 amide bonds. The maximum absolute atomic E-state index is 4.59. The van der Waals surface area contributed by atoms with Crippen molar-refractivity contribution in [1.29, 1.82) is 0 Å². The van der Waals surface area contributed by atoms with E-state index in [0.29, 0.717) is 0 Å². The van der Waals surface area contributed by atoms with Crippen LogP contribution in [-0.2, 0) is 0 Å². The molecule has 0 unspecified atom stereocenters. The number of hydrogen-bond donors (Lipinski definition) is 0. The Kier molecular flexibility index (Phi) is 3.54. The summed E-state index contributed by atoms with van der Waals surface area (Å²) >= 11 is 1.86. The highest BCUT2D eigenvalue weighted by atomic mass is 32.2. The molecular formula is C13H18N2S. The van der Waals surface area contributed by atoms with Gasteiger partial charge in [0.1, 0.15) is 0 Å². The van der Waals surface area contributed by atoms with Crippen molar-refractivity contribution in [3.63, 3.8) is 0 Å². The van der Waals surface area contributed by atoms with Gasteiger partial charge in [-0.05, 0) is 31.4 Å². The van der Waals surface area contributed by atoms with Crippen LogP contribution in [-0.4, -0.2) is 24.5 Å². The Bertz CT molecular complexity index is 392. The van der Waals surface area contributed by atoms with Crippen LogP contribution < -0.4 is 4.90 Å². The van der Waals surface area contributed by atoms with Gasteiger partial charge in [-0.15, -0.1) is 0 Å². The lowest BCUT2D eigenvalue weighted by Crippen LogP contribution is -2.27. The molecule has 0 saturated carbocycles. The van der Waals surface area contributed by atoms with E-state index in [2.05, 4.69) is 49.0 Å². The van der Waals surface area contributed by atoms with Crippen LogP contribution in [0.4, 0.5) is 5.69 Å². The zero-order valence-electron chi connectivity index (χ0n) is 10.2. The van der Waals surface area contributed by atoms with Gasteiger partial charge in [-0.2, -0.15) is 0 Å². The van der Waals surface area contributed by atoms with Crippen molar-refractivity contribution in [3.05, 3.63) is 29.3 Å². The van der Waals surface area contributed by atoms with Gasteiger partial charge >= 0.3 is 0 Å². The first kappa shape index (κ1) is 11.5. The van der Waals surface area contributed by atoms with Crippen LogP contribution in [0.15, 0.2) is 23.2 Å². The second-order valence-corrected chi connectivity index (χ2v) is 5.23. The molecule has 0 fully saturated rings. The average Bonchev–Trinajstić information content (AvgIpc) is 2.30. The van der Waals surface area contributed by atoms with Gasteiger partial charge in [0.2, 0.25) is 0 Å². The minimum atomic E-state index is 0.970. The number of thioether (sulfide) groups is 1. The number of rotatable bonds is 1. The minimum absolute atomic E-state index is 0.970. The summed E-state index contributed by atoms with van der Waals surface area (Å²) in [6.07, 6.45) is 1.20. The van der Waals surface area contributed by atoms with Crippen molar-refractivity contribution in [2.45, 2.75) is 20.3 Å². The van der Waals surface area contributed by atoms with Gasteiger partial charge in [0.25, 0.3) is 0 Å². The highest BCUT2D eigenvalue weighted by Crippen LogP contribution is 2.27. The standard InChI is InChI=1S/C13H18N2S/c1-10-6-4-7-11(2)12(10)15(3)13-14-8-5-9-16-13/h4,6-7H,5,8-9H2,1-3H3. The van der Waals surface area contributed by atoms with Gasteiger partial charge in [0, 0.05) is 25.0 Å². The van der Waals surface area contributed by atoms with E-state index in [1.807, 2.05) is 11.8 Å². The summed E-state index contributed by atoms with van der Waals surface area (Å²) in [6.45, 7) is 5.29. The van der Waals surface area contributed by atoms with E-state index >= 15 is 0 Å². The van der Waals surface area contributed by atoms with E-state index < -0.39 is 0 Å². The molecule has 1 aliphatic rings. The molecule has 2 rings (SSSR count). The normalized spacial score (nSPS) is 15.8. The summed E-state index contributed by atoms with van der Waals surface area (Å²) in [4.78, 5) is 6.82. The lowest BCUT2D eigenvalue weighted by atomic mass is 10.1. The number of benzene rings is 1. The van der Waals surface area contributed by atoms with Crippen LogP contribution in [0.25, 0.3) is 0 Å². The molecule has 1 aromatic carbocycles. The summed E-state index contributed by atoms with van der Waals surface area (Å²) in [7, 11) is 2.12. The van der Waals surface area contributed by atoms with Crippen LogP contribution in [0.5, 0.6) is 0 Å². The predicted octanol–water partition coefficient (Wildman–Crippen LogP) is 3.23. The fourth-order valence-corrected chi connectivity index (χ4v) is 3.01. The van der Waals surface area contributed by atoms with Crippen molar-refractivity contribution in [2.75, 3.05) is 24.2 Å². The molecule has 2 nitrogen and oxygen atoms in total. The number of para-hydroxylation sites is 1. The SMILES string of the molecule is Cc1cccc(C)c1N(C)C1=NCCCS1. The van der Waals surface area contributed by atoms with E-state index in [0.717, 1.165) is 11.7 Å². The molecular weight excluding hydrogens is 216 g/mol. The minimum Gasteiger partial charge on any atom is -0.324 e. The first-order valence-electron chi connectivity index (χ1n) is 5.67. The first-order valence-corrected chi connectivity index (χ1v) is 6.66. The van der Waals surface area contributed by atoms with E-state index in [1.165, 1.54) is 29.0 Å². The number of aliphatic imine (C=N–C) groups is 1. The predicted molar refractivity (Wildman–Crippen MR) is 73.7 cm³/mol. The molecule has 0 aliphatic carbocycles. The van der Waals surface area contributed by atoms with Crippen molar-refractivity contribution < 1.29 is 0 Å². The summed E-state index contributed by atoms with van der Waals surface area (Å²) in [5.41, 5.74) is 3.93. The van der Waals surface area contributed by atoms with E-state index in [9.17, 15) is 0 Å². The Morgan fingerprint density at radius 1 is 1.25 bits per heavy atom. The molecule has 0 N–H and O–H groups in total. The third-order valence-corrected chi connectivity index (χ3v) is 4.00. The lowest BCUT2D eigenvalue weighted by Gasteiger charge is -2.26.